The van der Waals surface area contributed by atoms with E-state index in [9.17, 15) is 9.18 Å². The molecule has 0 bridgehead atoms. The topological polar surface area (TPSA) is 44.4 Å². The summed E-state index contributed by atoms with van der Waals surface area (Å²) in [6, 6.07) is 13.7. The molecule has 0 fully saturated rings. The first-order valence-electron chi connectivity index (χ1n) is 7.11. The van der Waals surface area contributed by atoms with Gasteiger partial charge in [0.25, 0.3) is 0 Å². The summed E-state index contributed by atoms with van der Waals surface area (Å²) in [5.74, 6) is -0.262. The summed E-state index contributed by atoms with van der Waals surface area (Å²) in [7, 11) is 3.89. The lowest BCUT2D eigenvalue weighted by atomic mass is 10.1. The maximum Gasteiger partial charge on any atom is 0.319 e. The van der Waals surface area contributed by atoms with Crippen molar-refractivity contribution in [2.75, 3.05) is 30.9 Å². The number of amides is 2. The monoisotopic (exact) mass is 301 g/mol. The van der Waals surface area contributed by atoms with Crippen molar-refractivity contribution in [3.05, 3.63) is 59.9 Å². The molecular weight excluding hydrogens is 281 g/mol. The molecule has 0 saturated carbocycles. The molecule has 4 nitrogen and oxygen atoms in total. The number of carbonyl (C=O) groups is 1. The molecule has 2 N–H and O–H groups in total. The third-order valence-electron chi connectivity index (χ3n) is 3.21. The van der Waals surface area contributed by atoms with Crippen molar-refractivity contribution in [3.63, 3.8) is 0 Å². The number of anilines is 2. The minimum Gasteiger partial charge on any atom is -0.378 e. The largest absolute Gasteiger partial charge is 0.378 e. The normalized spacial score (nSPS) is 10.1. The van der Waals surface area contributed by atoms with Gasteiger partial charge in [0, 0.05) is 32.0 Å². The quantitative estimate of drug-likeness (QED) is 0.890. The first-order chi connectivity index (χ1) is 10.5. The van der Waals surface area contributed by atoms with Crippen molar-refractivity contribution >= 4 is 17.4 Å². The Morgan fingerprint density at radius 2 is 1.91 bits per heavy atom. The molecule has 0 aliphatic carbocycles. The number of hydrogen-bond acceptors (Lipinski definition) is 2. The highest BCUT2D eigenvalue weighted by atomic mass is 19.1. The summed E-state index contributed by atoms with van der Waals surface area (Å²) in [4.78, 5) is 13.8. The molecule has 116 valence electrons. The van der Waals surface area contributed by atoms with Gasteiger partial charge in [0.2, 0.25) is 0 Å². The van der Waals surface area contributed by atoms with Crippen LogP contribution in [0.1, 0.15) is 5.56 Å². The Morgan fingerprint density at radius 3 is 2.64 bits per heavy atom. The smallest absolute Gasteiger partial charge is 0.319 e. The standard InChI is InChI=1S/C17H20FN3O/c1-21(2)16-8-4-7-15(12-16)20-17(22)19-10-9-13-5-3-6-14(18)11-13/h3-8,11-12H,9-10H2,1-2H3,(H2,19,20,22). The first kappa shape index (κ1) is 15.8. The maximum atomic E-state index is 13.0. The Hall–Kier alpha value is -2.56. The minimum atomic E-state index is -0.271. The molecular formula is C17H20FN3O. The molecule has 0 saturated heterocycles. The fraction of sp³-hybridized carbons (Fsp3) is 0.235. The molecule has 0 unspecified atom stereocenters. The summed E-state index contributed by atoms with van der Waals surface area (Å²) in [5.41, 5.74) is 2.60. The Labute approximate surface area is 129 Å². The first-order valence-corrected chi connectivity index (χ1v) is 7.11. The van der Waals surface area contributed by atoms with Gasteiger partial charge < -0.3 is 15.5 Å². The molecule has 2 amide bonds. The van der Waals surface area contributed by atoms with E-state index in [4.69, 9.17) is 0 Å². The van der Waals surface area contributed by atoms with Gasteiger partial charge in [-0.1, -0.05) is 18.2 Å². The van der Waals surface area contributed by atoms with Crippen molar-refractivity contribution in [2.24, 2.45) is 0 Å². The second-order valence-electron chi connectivity index (χ2n) is 5.21. The molecule has 2 rings (SSSR count). The Balaban J connectivity index is 1.82. The molecule has 0 heterocycles. The Morgan fingerprint density at radius 1 is 1.14 bits per heavy atom. The van der Waals surface area contributed by atoms with Crippen LogP contribution in [-0.2, 0) is 6.42 Å². The van der Waals surface area contributed by atoms with Crippen LogP contribution in [0.3, 0.4) is 0 Å². The van der Waals surface area contributed by atoms with E-state index >= 15 is 0 Å². The van der Waals surface area contributed by atoms with Crippen LogP contribution in [0.5, 0.6) is 0 Å². The van der Waals surface area contributed by atoms with Crippen LogP contribution in [0.4, 0.5) is 20.6 Å². The predicted molar refractivity (Wildman–Crippen MR) is 87.9 cm³/mol. The van der Waals surface area contributed by atoms with Gasteiger partial charge in [-0.05, 0) is 42.3 Å². The number of urea groups is 1. The second-order valence-corrected chi connectivity index (χ2v) is 5.21. The number of nitrogens with zero attached hydrogens (tertiary/aromatic N) is 1. The van der Waals surface area contributed by atoms with Crippen LogP contribution in [-0.4, -0.2) is 26.7 Å². The highest BCUT2D eigenvalue weighted by molar-refractivity contribution is 5.89. The van der Waals surface area contributed by atoms with E-state index in [1.807, 2.05) is 49.3 Å². The van der Waals surface area contributed by atoms with Gasteiger partial charge in [0.05, 0.1) is 0 Å². The lowest BCUT2D eigenvalue weighted by Gasteiger charge is -2.14. The zero-order chi connectivity index (χ0) is 15.9. The van der Waals surface area contributed by atoms with Crippen LogP contribution in [0.15, 0.2) is 48.5 Å². The molecule has 0 aliphatic rings. The van der Waals surface area contributed by atoms with Crippen molar-refractivity contribution < 1.29 is 9.18 Å². The van der Waals surface area contributed by atoms with Crippen molar-refractivity contribution in [3.8, 4) is 0 Å². The third kappa shape index (κ3) is 4.77. The third-order valence-corrected chi connectivity index (χ3v) is 3.21. The summed E-state index contributed by atoms with van der Waals surface area (Å²) in [5, 5.41) is 5.55. The summed E-state index contributed by atoms with van der Waals surface area (Å²) in [6.45, 7) is 0.447. The van der Waals surface area contributed by atoms with Crippen LogP contribution in [0.2, 0.25) is 0 Å². The summed E-state index contributed by atoms with van der Waals surface area (Å²) >= 11 is 0. The second kappa shape index (κ2) is 7.45. The molecule has 0 atom stereocenters. The maximum absolute atomic E-state index is 13.0. The van der Waals surface area contributed by atoms with E-state index in [0.29, 0.717) is 13.0 Å². The van der Waals surface area contributed by atoms with E-state index in [1.54, 1.807) is 6.07 Å². The highest BCUT2D eigenvalue weighted by Gasteiger charge is 2.03. The molecule has 0 radical (unpaired) electrons. The number of nitrogens with one attached hydrogen (secondary N) is 2. The van der Waals surface area contributed by atoms with Gasteiger partial charge in [-0.15, -0.1) is 0 Å². The Bertz CT molecular complexity index is 643. The lowest BCUT2D eigenvalue weighted by molar-refractivity contribution is 0.252. The number of hydrogen-bond donors (Lipinski definition) is 2. The van der Waals surface area contributed by atoms with Crippen molar-refractivity contribution in [2.45, 2.75) is 6.42 Å². The molecule has 0 spiro atoms. The highest BCUT2D eigenvalue weighted by Crippen LogP contribution is 2.17. The van der Waals surface area contributed by atoms with Crippen LogP contribution in [0, 0.1) is 5.82 Å². The number of halogens is 1. The summed E-state index contributed by atoms with van der Waals surface area (Å²) < 4.78 is 13.0. The number of carbonyl (C=O) groups excluding carboxylic acids is 1. The Kier molecular flexibility index (Phi) is 5.36. The molecule has 0 aromatic heterocycles. The van der Waals surface area contributed by atoms with E-state index < -0.39 is 0 Å². The van der Waals surface area contributed by atoms with Crippen molar-refractivity contribution in [1.82, 2.24) is 5.32 Å². The van der Waals surface area contributed by atoms with E-state index in [1.165, 1.54) is 12.1 Å². The molecule has 0 aliphatic heterocycles. The SMILES string of the molecule is CN(C)c1cccc(NC(=O)NCCc2cccc(F)c2)c1. The summed E-state index contributed by atoms with van der Waals surface area (Å²) in [6.07, 6.45) is 0.586. The van der Waals surface area contributed by atoms with Crippen LogP contribution in [0.25, 0.3) is 0 Å². The minimum absolute atomic E-state index is 0.262. The predicted octanol–water partition coefficient (Wildman–Crippen LogP) is 3.26. The molecule has 2 aromatic carbocycles. The average molecular weight is 301 g/mol. The molecule has 22 heavy (non-hydrogen) atoms. The van der Waals surface area contributed by atoms with Gasteiger partial charge in [-0.3, -0.25) is 0 Å². The zero-order valence-electron chi connectivity index (χ0n) is 12.8. The molecule has 5 heteroatoms. The number of rotatable bonds is 5. The van der Waals surface area contributed by atoms with Gasteiger partial charge in [0.15, 0.2) is 0 Å². The zero-order valence-corrected chi connectivity index (χ0v) is 12.8. The van der Waals surface area contributed by atoms with E-state index in [2.05, 4.69) is 10.6 Å². The van der Waals surface area contributed by atoms with Gasteiger partial charge in [-0.25, -0.2) is 9.18 Å². The fourth-order valence-electron chi connectivity index (χ4n) is 2.05. The van der Waals surface area contributed by atoms with Gasteiger partial charge >= 0.3 is 6.03 Å². The molecule has 2 aromatic rings. The van der Waals surface area contributed by atoms with Crippen LogP contribution < -0.4 is 15.5 Å². The lowest BCUT2D eigenvalue weighted by Crippen LogP contribution is -2.30. The van der Waals surface area contributed by atoms with Gasteiger partial charge in [0.1, 0.15) is 5.82 Å². The van der Waals surface area contributed by atoms with E-state index in [-0.39, 0.29) is 11.8 Å². The number of benzene rings is 2. The van der Waals surface area contributed by atoms with E-state index in [0.717, 1.165) is 16.9 Å². The van der Waals surface area contributed by atoms with Gasteiger partial charge in [-0.2, -0.15) is 0 Å². The average Bonchev–Trinajstić information content (AvgIpc) is 2.47. The fourth-order valence-corrected chi connectivity index (χ4v) is 2.05. The van der Waals surface area contributed by atoms with Crippen LogP contribution >= 0.6 is 0 Å². The van der Waals surface area contributed by atoms with Crippen molar-refractivity contribution in [1.29, 1.82) is 0 Å².